The second kappa shape index (κ2) is 5.44. The zero-order valence-corrected chi connectivity index (χ0v) is 10.6. The monoisotopic (exact) mass is 256 g/mol. The van der Waals surface area contributed by atoms with Crippen LogP contribution in [0.1, 0.15) is 28.9 Å². The third kappa shape index (κ3) is 2.85. The third-order valence-electron chi connectivity index (χ3n) is 2.96. The molecule has 4 heteroatoms. The van der Waals surface area contributed by atoms with Crippen LogP contribution in [0.5, 0.6) is 5.75 Å². The molecular weight excluding hydrogens is 240 g/mol. The van der Waals surface area contributed by atoms with Crippen molar-refractivity contribution in [3.05, 3.63) is 59.7 Å². The van der Waals surface area contributed by atoms with Gasteiger partial charge in [0.2, 0.25) is 0 Å². The van der Waals surface area contributed by atoms with Gasteiger partial charge in [0.1, 0.15) is 0 Å². The van der Waals surface area contributed by atoms with Crippen LogP contribution in [-0.2, 0) is 0 Å². The van der Waals surface area contributed by atoms with Crippen LogP contribution in [0.2, 0.25) is 0 Å². The summed E-state index contributed by atoms with van der Waals surface area (Å²) in [5.74, 6) is -0.526. The highest BCUT2D eigenvalue weighted by Gasteiger charge is 2.15. The largest absolute Gasteiger partial charge is 0.505 e. The molecule has 0 unspecified atom stereocenters. The highest BCUT2D eigenvalue weighted by atomic mass is 16.3. The first-order chi connectivity index (χ1) is 9.09. The van der Waals surface area contributed by atoms with Crippen molar-refractivity contribution in [3.8, 4) is 5.75 Å². The van der Waals surface area contributed by atoms with E-state index in [0.29, 0.717) is 0 Å². The van der Waals surface area contributed by atoms with Crippen molar-refractivity contribution >= 4 is 11.6 Å². The molecule has 0 fully saturated rings. The molecular formula is C15H16N2O2. The number of carbonyl (C=O) groups is 1. The fraction of sp³-hybridized carbons (Fsp3) is 0.133. The van der Waals surface area contributed by atoms with Crippen molar-refractivity contribution in [2.45, 2.75) is 13.0 Å². The van der Waals surface area contributed by atoms with Gasteiger partial charge in [-0.25, -0.2) is 0 Å². The highest BCUT2D eigenvalue weighted by molar-refractivity contribution is 5.98. The zero-order valence-electron chi connectivity index (χ0n) is 10.6. The van der Waals surface area contributed by atoms with Gasteiger partial charge < -0.3 is 16.2 Å². The number of anilines is 1. The van der Waals surface area contributed by atoms with Gasteiger partial charge in [0.05, 0.1) is 17.3 Å². The van der Waals surface area contributed by atoms with Gasteiger partial charge in [0, 0.05) is 0 Å². The molecule has 0 bridgehead atoms. The number of hydrogen-bond acceptors (Lipinski definition) is 3. The van der Waals surface area contributed by atoms with E-state index in [1.807, 2.05) is 37.3 Å². The smallest absolute Gasteiger partial charge is 0.255 e. The van der Waals surface area contributed by atoms with Crippen LogP contribution < -0.4 is 11.1 Å². The Bertz CT molecular complexity index is 582. The Morgan fingerprint density at radius 2 is 1.84 bits per heavy atom. The summed E-state index contributed by atoms with van der Waals surface area (Å²) in [7, 11) is 0. The first kappa shape index (κ1) is 13.0. The van der Waals surface area contributed by atoms with E-state index in [4.69, 9.17) is 5.73 Å². The molecule has 0 saturated carbocycles. The minimum atomic E-state index is -0.346. The number of nitrogen functional groups attached to an aromatic ring is 1. The molecule has 2 aromatic carbocycles. The summed E-state index contributed by atoms with van der Waals surface area (Å²) in [5, 5.41) is 12.6. The maximum Gasteiger partial charge on any atom is 0.255 e. The molecule has 2 rings (SSSR count). The molecule has 0 saturated heterocycles. The number of nitrogens with two attached hydrogens (primary N) is 1. The average Bonchev–Trinajstić information content (AvgIpc) is 2.42. The molecule has 0 aliphatic carbocycles. The van der Waals surface area contributed by atoms with E-state index in [1.165, 1.54) is 0 Å². The van der Waals surface area contributed by atoms with Crippen LogP contribution in [0, 0.1) is 0 Å². The molecule has 0 aliphatic rings. The van der Waals surface area contributed by atoms with Gasteiger partial charge >= 0.3 is 0 Å². The normalized spacial score (nSPS) is 11.8. The minimum absolute atomic E-state index is 0.144. The molecule has 1 amide bonds. The van der Waals surface area contributed by atoms with E-state index in [0.717, 1.165) is 5.56 Å². The number of rotatable bonds is 3. The van der Waals surface area contributed by atoms with Gasteiger partial charge in [-0.2, -0.15) is 0 Å². The van der Waals surface area contributed by atoms with Gasteiger partial charge in [-0.05, 0) is 24.6 Å². The first-order valence-electron chi connectivity index (χ1n) is 6.03. The summed E-state index contributed by atoms with van der Waals surface area (Å²) < 4.78 is 0. The summed E-state index contributed by atoms with van der Waals surface area (Å²) in [4.78, 5) is 12.1. The second-order valence-corrected chi connectivity index (χ2v) is 4.35. The number of nitrogens with one attached hydrogen (secondary N) is 1. The fourth-order valence-electron chi connectivity index (χ4n) is 1.84. The number of para-hydroxylation sites is 1. The summed E-state index contributed by atoms with van der Waals surface area (Å²) in [6.07, 6.45) is 0. The minimum Gasteiger partial charge on any atom is -0.505 e. The molecule has 4 nitrogen and oxygen atoms in total. The van der Waals surface area contributed by atoms with E-state index in [9.17, 15) is 9.90 Å². The van der Waals surface area contributed by atoms with Crippen molar-refractivity contribution in [2.24, 2.45) is 0 Å². The molecule has 0 aromatic heterocycles. The Morgan fingerprint density at radius 1 is 1.16 bits per heavy atom. The lowest BCUT2D eigenvalue weighted by molar-refractivity contribution is 0.0937. The molecule has 0 radical (unpaired) electrons. The lowest BCUT2D eigenvalue weighted by atomic mass is 10.1. The van der Waals surface area contributed by atoms with Crippen molar-refractivity contribution in [1.82, 2.24) is 5.32 Å². The first-order valence-corrected chi connectivity index (χ1v) is 6.03. The SMILES string of the molecule is C[C@H](NC(=O)c1cccc(N)c1O)c1ccccc1. The second-order valence-electron chi connectivity index (χ2n) is 4.35. The van der Waals surface area contributed by atoms with Gasteiger partial charge in [-0.1, -0.05) is 36.4 Å². The van der Waals surface area contributed by atoms with E-state index < -0.39 is 0 Å². The van der Waals surface area contributed by atoms with Crippen molar-refractivity contribution in [2.75, 3.05) is 5.73 Å². The van der Waals surface area contributed by atoms with Crippen LogP contribution in [0.25, 0.3) is 0 Å². The van der Waals surface area contributed by atoms with Crippen molar-refractivity contribution in [1.29, 1.82) is 0 Å². The number of hydrogen-bond donors (Lipinski definition) is 3. The molecule has 0 aliphatic heterocycles. The summed E-state index contributed by atoms with van der Waals surface area (Å²) in [6, 6.07) is 14.2. The Kier molecular flexibility index (Phi) is 3.71. The maximum atomic E-state index is 12.1. The van der Waals surface area contributed by atoms with Crippen LogP contribution >= 0.6 is 0 Å². The van der Waals surface area contributed by atoms with E-state index >= 15 is 0 Å². The quantitative estimate of drug-likeness (QED) is 0.583. The van der Waals surface area contributed by atoms with E-state index in [-0.39, 0.29) is 28.9 Å². The standard InChI is InChI=1S/C15H16N2O2/c1-10(11-6-3-2-4-7-11)17-15(19)12-8-5-9-13(16)14(12)18/h2-10,18H,16H2,1H3,(H,17,19)/t10-/m0/s1. The van der Waals surface area contributed by atoms with Crippen LogP contribution in [0.4, 0.5) is 5.69 Å². The summed E-state index contributed by atoms with van der Waals surface area (Å²) in [6.45, 7) is 1.89. The highest BCUT2D eigenvalue weighted by Crippen LogP contribution is 2.25. The molecule has 19 heavy (non-hydrogen) atoms. The molecule has 98 valence electrons. The molecule has 4 N–H and O–H groups in total. The zero-order chi connectivity index (χ0) is 13.8. The van der Waals surface area contributed by atoms with E-state index in [1.54, 1.807) is 18.2 Å². The molecule has 0 spiro atoms. The number of aromatic hydroxyl groups is 1. The van der Waals surface area contributed by atoms with Gasteiger partial charge in [0.25, 0.3) is 5.91 Å². The lowest BCUT2D eigenvalue weighted by Crippen LogP contribution is -2.26. The summed E-state index contributed by atoms with van der Waals surface area (Å²) >= 11 is 0. The molecule has 1 atom stereocenters. The predicted octanol–water partition coefficient (Wildman–Crippen LogP) is 2.47. The molecule has 2 aromatic rings. The number of amides is 1. The number of phenols is 1. The topological polar surface area (TPSA) is 75.4 Å². The van der Waals surface area contributed by atoms with Gasteiger partial charge in [0.15, 0.2) is 5.75 Å². The summed E-state index contributed by atoms with van der Waals surface area (Å²) in [5.41, 5.74) is 6.95. The van der Waals surface area contributed by atoms with E-state index in [2.05, 4.69) is 5.32 Å². The number of benzene rings is 2. The third-order valence-corrected chi connectivity index (χ3v) is 2.96. The van der Waals surface area contributed by atoms with Gasteiger partial charge in [-0.3, -0.25) is 4.79 Å². The predicted molar refractivity (Wildman–Crippen MR) is 74.8 cm³/mol. The Balaban J connectivity index is 2.16. The maximum absolute atomic E-state index is 12.1. The molecule has 0 heterocycles. The van der Waals surface area contributed by atoms with Crippen LogP contribution in [0.3, 0.4) is 0 Å². The van der Waals surface area contributed by atoms with Gasteiger partial charge in [-0.15, -0.1) is 0 Å². The van der Waals surface area contributed by atoms with Crippen molar-refractivity contribution in [3.63, 3.8) is 0 Å². The van der Waals surface area contributed by atoms with Crippen LogP contribution in [-0.4, -0.2) is 11.0 Å². The van der Waals surface area contributed by atoms with Crippen LogP contribution in [0.15, 0.2) is 48.5 Å². The lowest BCUT2D eigenvalue weighted by Gasteiger charge is -2.15. The Hall–Kier alpha value is -2.49. The number of carbonyl (C=O) groups excluding carboxylic acids is 1. The average molecular weight is 256 g/mol. The number of phenolic OH excluding ortho intramolecular Hbond substituents is 1. The Morgan fingerprint density at radius 3 is 2.53 bits per heavy atom. The van der Waals surface area contributed by atoms with Crippen molar-refractivity contribution < 1.29 is 9.90 Å². The fourth-order valence-corrected chi connectivity index (χ4v) is 1.84. The Labute approximate surface area is 111 Å².